The summed E-state index contributed by atoms with van der Waals surface area (Å²) < 4.78 is 0. The van der Waals surface area contributed by atoms with Crippen LogP contribution in [0.25, 0.3) is 0 Å². The molecule has 0 heterocycles. The third kappa shape index (κ3) is 2.63. The summed E-state index contributed by atoms with van der Waals surface area (Å²) in [5, 5.41) is 3.17. The molecule has 1 fully saturated rings. The summed E-state index contributed by atoms with van der Waals surface area (Å²) in [5.41, 5.74) is 1.75. The van der Waals surface area contributed by atoms with Crippen LogP contribution in [0.15, 0.2) is 24.3 Å². The van der Waals surface area contributed by atoms with Crippen molar-refractivity contribution in [1.29, 1.82) is 0 Å². The van der Waals surface area contributed by atoms with Gasteiger partial charge in [-0.15, -0.1) is 11.6 Å². The summed E-state index contributed by atoms with van der Waals surface area (Å²) in [6.07, 6.45) is 4.43. The normalized spacial score (nSPS) is 17.3. The Kier molecular flexibility index (Phi) is 3.72. The molecule has 1 saturated carbocycles. The van der Waals surface area contributed by atoms with Gasteiger partial charge in [0.05, 0.1) is 0 Å². The third-order valence-corrected chi connectivity index (χ3v) is 4.02. The van der Waals surface area contributed by atoms with Gasteiger partial charge in [0, 0.05) is 17.0 Å². The van der Waals surface area contributed by atoms with Crippen LogP contribution >= 0.6 is 11.6 Å². The number of nitrogens with one attached hydrogen (secondary N) is 1. The standard InChI is InChI=1S/C14H18ClNO/c1-2-14(7-4-8-14)16-13(17)12-6-3-5-11(9-12)10-15/h3,5-6,9H,2,4,7-8,10H2,1H3,(H,16,17). The maximum atomic E-state index is 12.1. The zero-order chi connectivity index (χ0) is 12.3. The van der Waals surface area contributed by atoms with Crippen molar-refractivity contribution in [2.75, 3.05) is 0 Å². The van der Waals surface area contributed by atoms with Gasteiger partial charge < -0.3 is 5.32 Å². The van der Waals surface area contributed by atoms with Crippen molar-refractivity contribution in [2.24, 2.45) is 0 Å². The first kappa shape index (κ1) is 12.4. The fourth-order valence-corrected chi connectivity index (χ4v) is 2.45. The Labute approximate surface area is 107 Å². The summed E-state index contributed by atoms with van der Waals surface area (Å²) in [7, 11) is 0. The van der Waals surface area contributed by atoms with E-state index in [1.165, 1.54) is 6.42 Å². The Morgan fingerprint density at radius 1 is 1.47 bits per heavy atom. The zero-order valence-electron chi connectivity index (χ0n) is 10.1. The SMILES string of the molecule is CCC1(NC(=O)c2cccc(CCl)c2)CCC1. The first-order valence-electron chi connectivity index (χ1n) is 6.16. The maximum Gasteiger partial charge on any atom is 0.251 e. The number of amides is 1. The molecule has 1 aliphatic carbocycles. The smallest absolute Gasteiger partial charge is 0.251 e. The number of carbonyl (C=O) groups is 1. The molecule has 2 rings (SSSR count). The molecule has 3 heteroatoms. The fraction of sp³-hybridized carbons (Fsp3) is 0.500. The van der Waals surface area contributed by atoms with Gasteiger partial charge in [-0.1, -0.05) is 19.1 Å². The Morgan fingerprint density at radius 3 is 2.76 bits per heavy atom. The molecule has 0 bridgehead atoms. The molecule has 0 unspecified atom stereocenters. The number of halogens is 1. The number of alkyl halides is 1. The van der Waals surface area contributed by atoms with E-state index in [2.05, 4.69) is 12.2 Å². The van der Waals surface area contributed by atoms with Crippen molar-refractivity contribution in [2.45, 2.75) is 44.0 Å². The lowest BCUT2D eigenvalue weighted by atomic mass is 9.74. The first-order valence-corrected chi connectivity index (χ1v) is 6.70. The van der Waals surface area contributed by atoms with Crippen molar-refractivity contribution in [1.82, 2.24) is 5.32 Å². The van der Waals surface area contributed by atoms with Crippen LogP contribution in [-0.4, -0.2) is 11.4 Å². The molecule has 17 heavy (non-hydrogen) atoms. The van der Waals surface area contributed by atoms with Crippen LogP contribution in [0.4, 0.5) is 0 Å². The van der Waals surface area contributed by atoms with E-state index in [0.29, 0.717) is 11.4 Å². The highest BCUT2D eigenvalue weighted by Crippen LogP contribution is 2.34. The monoisotopic (exact) mass is 251 g/mol. The summed E-state index contributed by atoms with van der Waals surface area (Å²) in [5.74, 6) is 0.471. The topological polar surface area (TPSA) is 29.1 Å². The minimum absolute atomic E-state index is 0.0264. The summed E-state index contributed by atoms with van der Waals surface area (Å²) >= 11 is 5.77. The van der Waals surface area contributed by atoms with Crippen LogP contribution in [0.5, 0.6) is 0 Å². The molecule has 1 aliphatic rings. The number of carbonyl (C=O) groups excluding carboxylic acids is 1. The van der Waals surface area contributed by atoms with Gasteiger partial charge in [-0.3, -0.25) is 4.79 Å². The molecule has 0 aliphatic heterocycles. The van der Waals surface area contributed by atoms with Gasteiger partial charge in [0.1, 0.15) is 0 Å². The van der Waals surface area contributed by atoms with E-state index < -0.39 is 0 Å². The van der Waals surface area contributed by atoms with Crippen molar-refractivity contribution in [3.63, 3.8) is 0 Å². The van der Waals surface area contributed by atoms with E-state index in [0.717, 1.165) is 24.8 Å². The molecule has 1 aromatic rings. The van der Waals surface area contributed by atoms with Crippen LogP contribution in [0.3, 0.4) is 0 Å². The number of benzene rings is 1. The highest BCUT2D eigenvalue weighted by Gasteiger charge is 2.36. The van der Waals surface area contributed by atoms with E-state index in [1.54, 1.807) is 0 Å². The molecule has 2 nitrogen and oxygen atoms in total. The molecule has 0 aromatic heterocycles. The van der Waals surface area contributed by atoms with Gasteiger partial charge in [-0.2, -0.15) is 0 Å². The van der Waals surface area contributed by atoms with Gasteiger partial charge in [-0.05, 0) is 43.4 Å². The van der Waals surface area contributed by atoms with Crippen molar-refractivity contribution in [3.05, 3.63) is 35.4 Å². The molecule has 1 amide bonds. The molecule has 0 atom stereocenters. The van der Waals surface area contributed by atoms with E-state index in [9.17, 15) is 4.79 Å². The van der Waals surface area contributed by atoms with E-state index in [-0.39, 0.29) is 11.4 Å². The van der Waals surface area contributed by atoms with E-state index in [1.807, 2.05) is 24.3 Å². The van der Waals surface area contributed by atoms with Crippen LogP contribution in [-0.2, 0) is 5.88 Å². The molecule has 0 saturated heterocycles. The summed E-state index contributed by atoms with van der Waals surface area (Å²) in [4.78, 5) is 12.1. The zero-order valence-corrected chi connectivity index (χ0v) is 10.9. The first-order chi connectivity index (χ1) is 8.19. The van der Waals surface area contributed by atoms with Crippen molar-refractivity contribution >= 4 is 17.5 Å². The molecular weight excluding hydrogens is 234 g/mol. The molecule has 1 N–H and O–H groups in total. The highest BCUT2D eigenvalue weighted by atomic mass is 35.5. The quantitative estimate of drug-likeness (QED) is 0.816. The number of hydrogen-bond acceptors (Lipinski definition) is 1. The van der Waals surface area contributed by atoms with E-state index in [4.69, 9.17) is 11.6 Å². The minimum atomic E-state index is 0.0264. The molecule has 0 radical (unpaired) electrons. The summed E-state index contributed by atoms with van der Waals surface area (Å²) in [6.45, 7) is 2.13. The number of rotatable bonds is 4. The Morgan fingerprint density at radius 2 is 2.24 bits per heavy atom. The van der Waals surface area contributed by atoms with Gasteiger partial charge in [0.2, 0.25) is 0 Å². The lowest BCUT2D eigenvalue weighted by Crippen LogP contribution is -2.52. The molecular formula is C14H18ClNO. The van der Waals surface area contributed by atoms with Gasteiger partial charge in [-0.25, -0.2) is 0 Å². The second-order valence-electron chi connectivity index (χ2n) is 4.78. The number of hydrogen-bond donors (Lipinski definition) is 1. The summed E-state index contributed by atoms with van der Waals surface area (Å²) in [6, 6.07) is 7.52. The Balaban J connectivity index is 2.08. The largest absolute Gasteiger partial charge is 0.347 e. The van der Waals surface area contributed by atoms with Gasteiger partial charge in [0.15, 0.2) is 0 Å². The average Bonchev–Trinajstić information content (AvgIpc) is 2.33. The highest BCUT2D eigenvalue weighted by molar-refractivity contribution is 6.17. The lowest BCUT2D eigenvalue weighted by molar-refractivity contribution is 0.0820. The van der Waals surface area contributed by atoms with Crippen molar-refractivity contribution in [3.8, 4) is 0 Å². The second kappa shape index (κ2) is 5.09. The van der Waals surface area contributed by atoms with Crippen LogP contribution < -0.4 is 5.32 Å². The average molecular weight is 252 g/mol. The van der Waals surface area contributed by atoms with Crippen LogP contribution in [0.1, 0.15) is 48.5 Å². The molecule has 1 aromatic carbocycles. The third-order valence-electron chi connectivity index (χ3n) is 3.71. The van der Waals surface area contributed by atoms with Gasteiger partial charge in [0.25, 0.3) is 5.91 Å². The molecule has 0 spiro atoms. The fourth-order valence-electron chi connectivity index (χ4n) is 2.28. The lowest BCUT2D eigenvalue weighted by Gasteiger charge is -2.42. The predicted octanol–water partition coefficient (Wildman–Crippen LogP) is 3.49. The minimum Gasteiger partial charge on any atom is -0.347 e. The predicted molar refractivity (Wildman–Crippen MR) is 70.3 cm³/mol. The van der Waals surface area contributed by atoms with Crippen LogP contribution in [0, 0.1) is 0 Å². The van der Waals surface area contributed by atoms with E-state index >= 15 is 0 Å². The molecule has 92 valence electrons. The van der Waals surface area contributed by atoms with Gasteiger partial charge >= 0.3 is 0 Å². The maximum absolute atomic E-state index is 12.1. The Hall–Kier alpha value is -1.02. The second-order valence-corrected chi connectivity index (χ2v) is 5.04. The van der Waals surface area contributed by atoms with Crippen molar-refractivity contribution < 1.29 is 4.79 Å². The van der Waals surface area contributed by atoms with Crippen LogP contribution in [0.2, 0.25) is 0 Å². The Bertz CT molecular complexity index is 407.